The van der Waals surface area contributed by atoms with Gasteiger partial charge < -0.3 is 20.1 Å². The van der Waals surface area contributed by atoms with Gasteiger partial charge in [-0.05, 0) is 58.8 Å². The second kappa shape index (κ2) is 10.4. The molecular formula is C21H27BrClN3O2. The van der Waals surface area contributed by atoms with Crippen LogP contribution < -0.4 is 15.0 Å². The Hall–Kier alpha value is -1.34. The Morgan fingerprint density at radius 1 is 1.32 bits per heavy atom. The van der Waals surface area contributed by atoms with Crippen LogP contribution in [-0.4, -0.2) is 42.9 Å². The molecule has 2 aromatic rings. The molecule has 0 saturated heterocycles. The Morgan fingerprint density at radius 2 is 2.11 bits per heavy atom. The van der Waals surface area contributed by atoms with Gasteiger partial charge in [-0.1, -0.05) is 23.7 Å². The number of aliphatic hydroxyl groups excluding tert-OH is 1. The van der Waals surface area contributed by atoms with Gasteiger partial charge in [0.1, 0.15) is 11.6 Å². The van der Waals surface area contributed by atoms with Gasteiger partial charge in [0.25, 0.3) is 0 Å². The minimum absolute atomic E-state index is 0.187. The summed E-state index contributed by atoms with van der Waals surface area (Å²) in [6, 6.07) is 10.6. The highest BCUT2D eigenvalue weighted by Crippen LogP contribution is 2.31. The zero-order valence-electron chi connectivity index (χ0n) is 16.1. The summed E-state index contributed by atoms with van der Waals surface area (Å²) in [5, 5.41) is 13.1. The van der Waals surface area contributed by atoms with Crippen molar-refractivity contribution in [2.24, 2.45) is 5.92 Å². The zero-order chi connectivity index (χ0) is 19.9. The smallest absolute Gasteiger partial charge is 0.130 e. The third kappa shape index (κ3) is 5.83. The molecule has 3 rings (SSSR count). The molecule has 1 aromatic carbocycles. The fraction of sp³-hybridized carbons (Fsp3) is 0.476. The third-order valence-corrected chi connectivity index (χ3v) is 6.39. The molecule has 1 aliphatic carbocycles. The van der Waals surface area contributed by atoms with Crippen molar-refractivity contribution in [2.45, 2.75) is 31.8 Å². The van der Waals surface area contributed by atoms with Crippen LogP contribution in [0.2, 0.25) is 5.02 Å². The summed E-state index contributed by atoms with van der Waals surface area (Å²) >= 11 is 9.76. The molecule has 0 radical (unpaired) electrons. The lowest BCUT2D eigenvalue weighted by molar-refractivity contribution is 0.283. The number of rotatable bonds is 9. The van der Waals surface area contributed by atoms with Crippen molar-refractivity contribution in [1.29, 1.82) is 0 Å². The van der Waals surface area contributed by atoms with Crippen LogP contribution in [0.15, 0.2) is 41.0 Å². The normalized spacial score (nSPS) is 19.0. The number of hydrogen-bond acceptors (Lipinski definition) is 5. The van der Waals surface area contributed by atoms with Gasteiger partial charge in [0.15, 0.2) is 0 Å². The molecule has 0 amide bonds. The van der Waals surface area contributed by atoms with E-state index in [-0.39, 0.29) is 6.61 Å². The molecule has 28 heavy (non-hydrogen) atoms. The summed E-state index contributed by atoms with van der Waals surface area (Å²) in [6.45, 7) is 2.54. The fourth-order valence-corrected chi connectivity index (χ4v) is 4.14. The lowest BCUT2D eigenvalue weighted by Gasteiger charge is -2.27. The van der Waals surface area contributed by atoms with E-state index in [1.165, 1.54) is 12.0 Å². The highest BCUT2D eigenvalue weighted by atomic mass is 79.9. The number of methoxy groups -OCH3 is 1. The maximum atomic E-state index is 9.03. The lowest BCUT2D eigenvalue weighted by Crippen LogP contribution is -2.32. The molecule has 152 valence electrons. The van der Waals surface area contributed by atoms with E-state index >= 15 is 0 Å². The van der Waals surface area contributed by atoms with Gasteiger partial charge in [0.2, 0.25) is 0 Å². The molecule has 1 heterocycles. The summed E-state index contributed by atoms with van der Waals surface area (Å²) in [4.78, 5) is 6.91. The largest absolute Gasteiger partial charge is 0.497 e. The quantitative estimate of drug-likeness (QED) is 0.576. The molecule has 1 saturated carbocycles. The first-order chi connectivity index (χ1) is 13.6. The van der Waals surface area contributed by atoms with Crippen LogP contribution in [0, 0.1) is 5.92 Å². The first-order valence-electron chi connectivity index (χ1n) is 9.62. The molecule has 2 N–H and O–H groups in total. The number of ether oxygens (including phenoxy) is 1. The van der Waals surface area contributed by atoms with Crippen LogP contribution in [0.3, 0.4) is 0 Å². The average Bonchev–Trinajstić information content (AvgIpc) is 3.16. The van der Waals surface area contributed by atoms with Crippen LogP contribution in [0.25, 0.3) is 0 Å². The maximum absolute atomic E-state index is 9.03. The van der Waals surface area contributed by atoms with Crippen molar-refractivity contribution < 1.29 is 9.84 Å². The average molecular weight is 469 g/mol. The topological polar surface area (TPSA) is 57.6 Å². The molecular weight excluding hydrogens is 442 g/mol. The first-order valence-corrected chi connectivity index (χ1v) is 10.8. The monoisotopic (exact) mass is 467 g/mol. The van der Waals surface area contributed by atoms with E-state index < -0.39 is 0 Å². The number of aliphatic hydroxyl groups is 1. The van der Waals surface area contributed by atoms with E-state index in [2.05, 4.69) is 43.3 Å². The van der Waals surface area contributed by atoms with Gasteiger partial charge in [-0.25, -0.2) is 4.98 Å². The van der Waals surface area contributed by atoms with E-state index in [1.807, 2.05) is 18.2 Å². The fourth-order valence-electron chi connectivity index (χ4n) is 3.77. The van der Waals surface area contributed by atoms with Gasteiger partial charge in [0, 0.05) is 37.9 Å². The summed E-state index contributed by atoms with van der Waals surface area (Å²) in [7, 11) is 1.68. The number of halogens is 2. The van der Waals surface area contributed by atoms with Crippen molar-refractivity contribution >= 4 is 33.3 Å². The lowest BCUT2D eigenvalue weighted by atomic mass is 10.1. The Kier molecular flexibility index (Phi) is 7.97. The minimum Gasteiger partial charge on any atom is -0.497 e. The second-order valence-electron chi connectivity index (χ2n) is 7.24. The molecule has 2 atom stereocenters. The molecule has 1 aliphatic rings. The first kappa shape index (κ1) is 21.4. The summed E-state index contributed by atoms with van der Waals surface area (Å²) in [5.41, 5.74) is 1.20. The van der Waals surface area contributed by atoms with Gasteiger partial charge in [-0.15, -0.1) is 0 Å². The Bertz CT molecular complexity index is 760. The van der Waals surface area contributed by atoms with Crippen molar-refractivity contribution in [1.82, 2.24) is 10.3 Å². The van der Waals surface area contributed by atoms with Gasteiger partial charge in [-0.3, -0.25) is 0 Å². The van der Waals surface area contributed by atoms with E-state index in [1.54, 1.807) is 13.3 Å². The molecule has 5 nitrogen and oxygen atoms in total. The predicted octanol–water partition coefficient (Wildman–Crippen LogP) is 4.26. The Balaban J connectivity index is 1.73. The van der Waals surface area contributed by atoms with E-state index in [4.69, 9.17) is 21.4 Å². The van der Waals surface area contributed by atoms with Crippen LogP contribution in [-0.2, 0) is 6.54 Å². The van der Waals surface area contributed by atoms with Crippen LogP contribution in [0.5, 0.6) is 5.75 Å². The van der Waals surface area contributed by atoms with Gasteiger partial charge in [0.05, 0.1) is 23.2 Å². The summed E-state index contributed by atoms with van der Waals surface area (Å²) in [6.07, 6.45) is 5.20. The highest BCUT2D eigenvalue weighted by Gasteiger charge is 2.26. The van der Waals surface area contributed by atoms with E-state index in [0.717, 1.165) is 42.0 Å². The van der Waals surface area contributed by atoms with Crippen LogP contribution in [0.4, 0.5) is 5.82 Å². The van der Waals surface area contributed by atoms with E-state index in [0.29, 0.717) is 23.5 Å². The summed E-state index contributed by atoms with van der Waals surface area (Å²) < 4.78 is 6.07. The van der Waals surface area contributed by atoms with Crippen molar-refractivity contribution in [3.05, 3.63) is 51.6 Å². The number of benzene rings is 1. The summed E-state index contributed by atoms with van der Waals surface area (Å²) in [5.74, 6) is 2.32. The van der Waals surface area contributed by atoms with Crippen molar-refractivity contribution in [3.8, 4) is 5.75 Å². The number of anilines is 1. The molecule has 0 spiro atoms. The number of nitrogens with zero attached hydrogens (tertiary/aromatic N) is 2. The zero-order valence-corrected chi connectivity index (χ0v) is 18.4. The molecule has 7 heteroatoms. The Morgan fingerprint density at radius 3 is 2.79 bits per heavy atom. The highest BCUT2D eigenvalue weighted by molar-refractivity contribution is 9.10. The van der Waals surface area contributed by atoms with Crippen LogP contribution in [0.1, 0.15) is 24.8 Å². The van der Waals surface area contributed by atoms with Crippen molar-refractivity contribution in [3.63, 3.8) is 0 Å². The third-order valence-electron chi connectivity index (χ3n) is 5.22. The minimum atomic E-state index is 0.187. The SMILES string of the molecule is COc1ccc(CN(CC2CCC(NCCO)C2)c2cc(Cl)c(Br)cn2)cc1. The number of nitrogens with one attached hydrogen (secondary N) is 1. The molecule has 0 aliphatic heterocycles. The molecule has 1 fully saturated rings. The van der Waals surface area contributed by atoms with Gasteiger partial charge in [-0.2, -0.15) is 0 Å². The maximum Gasteiger partial charge on any atom is 0.130 e. The van der Waals surface area contributed by atoms with Gasteiger partial charge >= 0.3 is 0 Å². The molecule has 1 aromatic heterocycles. The predicted molar refractivity (Wildman–Crippen MR) is 117 cm³/mol. The van der Waals surface area contributed by atoms with E-state index in [9.17, 15) is 0 Å². The molecule has 2 unspecified atom stereocenters. The van der Waals surface area contributed by atoms with Crippen LogP contribution >= 0.6 is 27.5 Å². The van der Waals surface area contributed by atoms with Crippen molar-refractivity contribution in [2.75, 3.05) is 31.7 Å². The standard InChI is InChI=1S/C21H27BrClN3O2/c1-28-18-6-3-15(4-7-18)13-26(21-11-20(23)19(22)12-25-21)14-16-2-5-17(10-16)24-8-9-27/h3-4,6-7,11-12,16-17,24,27H,2,5,8-10,13-14H2,1H3. The number of aromatic nitrogens is 1. The molecule has 0 bridgehead atoms. The second-order valence-corrected chi connectivity index (χ2v) is 8.50. The number of hydrogen-bond donors (Lipinski definition) is 2. The Labute approximate surface area is 180 Å². The number of pyridine rings is 1.